The van der Waals surface area contributed by atoms with Gasteiger partial charge in [0, 0.05) is 4.90 Å². The van der Waals surface area contributed by atoms with E-state index in [1.54, 1.807) is 0 Å². The SMILES string of the molecule is CCOC(=O)C1(c2cccc(S[Si](C(C)C)(C(C)C)C(C)C)c2)CC1. The zero-order chi connectivity index (χ0) is 18.8. The van der Waals surface area contributed by atoms with Crippen molar-refractivity contribution in [3.8, 4) is 0 Å². The number of benzene rings is 1. The number of hydrogen-bond donors (Lipinski definition) is 0. The van der Waals surface area contributed by atoms with Crippen LogP contribution in [0, 0.1) is 0 Å². The van der Waals surface area contributed by atoms with Gasteiger partial charge in [0.1, 0.15) is 7.22 Å². The lowest BCUT2D eigenvalue weighted by atomic mass is 9.96. The van der Waals surface area contributed by atoms with Gasteiger partial charge in [-0.1, -0.05) is 53.7 Å². The molecule has 0 N–H and O–H groups in total. The molecule has 0 amide bonds. The van der Waals surface area contributed by atoms with E-state index in [0.29, 0.717) is 23.2 Å². The predicted molar refractivity (Wildman–Crippen MR) is 111 cm³/mol. The molecule has 0 atom stereocenters. The number of carbonyl (C=O) groups is 1. The van der Waals surface area contributed by atoms with E-state index in [9.17, 15) is 4.79 Å². The van der Waals surface area contributed by atoms with Crippen LogP contribution in [0.5, 0.6) is 0 Å². The third kappa shape index (κ3) is 3.85. The van der Waals surface area contributed by atoms with E-state index in [1.165, 1.54) is 4.90 Å². The Labute approximate surface area is 158 Å². The molecule has 4 heteroatoms. The highest BCUT2D eigenvalue weighted by atomic mass is 32.4. The van der Waals surface area contributed by atoms with E-state index >= 15 is 0 Å². The van der Waals surface area contributed by atoms with Crippen LogP contribution in [0.4, 0.5) is 0 Å². The van der Waals surface area contributed by atoms with Crippen molar-refractivity contribution in [2.24, 2.45) is 0 Å². The van der Waals surface area contributed by atoms with E-state index in [-0.39, 0.29) is 11.4 Å². The highest BCUT2D eigenvalue weighted by Gasteiger charge is 2.53. The van der Waals surface area contributed by atoms with Gasteiger partial charge in [0.15, 0.2) is 0 Å². The van der Waals surface area contributed by atoms with Crippen molar-refractivity contribution in [1.82, 2.24) is 0 Å². The molecule has 0 spiro atoms. The van der Waals surface area contributed by atoms with Crippen molar-refractivity contribution in [2.45, 2.75) is 88.2 Å². The molecule has 1 aromatic carbocycles. The standard InChI is InChI=1S/C21H34O2SSi/c1-8-23-20(22)21(12-13-21)18-10-9-11-19(14-18)24-25(15(2)3,16(4)5)17(6)7/h9-11,14-17H,8,12-13H2,1-7H3. The van der Waals surface area contributed by atoms with Crippen LogP contribution in [0.2, 0.25) is 16.6 Å². The number of carbonyl (C=O) groups excluding carboxylic acids is 1. The smallest absolute Gasteiger partial charge is 0.316 e. The molecular formula is C21H34O2SSi. The number of rotatable bonds is 8. The predicted octanol–water partition coefficient (Wildman–Crippen LogP) is 6.55. The van der Waals surface area contributed by atoms with E-state index in [4.69, 9.17) is 4.74 Å². The second-order valence-corrected chi connectivity index (χ2v) is 16.8. The van der Waals surface area contributed by atoms with E-state index < -0.39 is 7.22 Å². The summed E-state index contributed by atoms with van der Waals surface area (Å²) < 4.78 is 5.34. The van der Waals surface area contributed by atoms with Gasteiger partial charge >= 0.3 is 5.97 Å². The molecule has 2 nitrogen and oxygen atoms in total. The molecule has 1 fully saturated rings. The van der Waals surface area contributed by atoms with Gasteiger partial charge < -0.3 is 4.74 Å². The first kappa shape index (κ1) is 20.6. The zero-order valence-corrected chi connectivity index (χ0v) is 18.7. The van der Waals surface area contributed by atoms with E-state index in [2.05, 4.69) is 77.0 Å². The maximum atomic E-state index is 12.4. The van der Waals surface area contributed by atoms with Crippen LogP contribution in [0.25, 0.3) is 0 Å². The lowest BCUT2D eigenvalue weighted by Crippen LogP contribution is -2.41. The Morgan fingerprint density at radius 2 is 1.68 bits per heavy atom. The lowest BCUT2D eigenvalue weighted by molar-refractivity contribution is -0.146. The summed E-state index contributed by atoms with van der Waals surface area (Å²) in [4.78, 5) is 13.8. The Hall–Kier alpha value is -0.743. The molecule has 1 aliphatic carbocycles. The summed E-state index contributed by atoms with van der Waals surface area (Å²) in [5, 5.41) is 0. The maximum Gasteiger partial charge on any atom is 0.316 e. The summed E-state index contributed by atoms with van der Waals surface area (Å²) in [5.41, 5.74) is 2.91. The number of ether oxygens (including phenoxy) is 1. The molecular weight excluding hydrogens is 344 g/mol. The molecule has 140 valence electrons. The summed E-state index contributed by atoms with van der Waals surface area (Å²) >= 11 is 2.13. The molecule has 0 unspecified atom stereocenters. The second-order valence-electron chi connectivity index (χ2n) is 8.25. The fourth-order valence-corrected chi connectivity index (χ4v) is 13.6. The van der Waals surface area contributed by atoms with Crippen molar-refractivity contribution in [2.75, 3.05) is 6.61 Å². The van der Waals surface area contributed by atoms with Gasteiger partial charge in [-0.25, -0.2) is 0 Å². The molecule has 1 aromatic rings. The molecule has 1 saturated carbocycles. The van der Waals surface area contributed by atoms with E-state index in [1.807, 2.05) is 6.92 Å². The van der Waals surface area contributed by atoms with Crippen LogP contribution in [-0.2, 0) is 14.9 Å². The van der Waals surface area contributed by atoms with Gasteiger partial charge in [0.05, 0.1) is 12.0 Å². The molecule has 25 heavy (non-hydrogen) atoms. The molecule has 2 rings (SSSR count). The van der Waals surface area contributed by atoms with Crippen LogP contribution in [-0.4, -0.2) is 19.8 Å². The third-order valence-electron chi connectivity index (χ3n) is 5.80. The molecule has 0 heterocycles. The van der Waals surface area contributed by atoms with Crippen LogP contribution in [0.1, 0.15) is 66.9 Å². The average Bonchev–Trinajstić information content (AvgIpc) is 3.34. The van der Waals surface area contributed by atoms with Crippen LogP contribution in [0.15, 0.2) is 29.2 Å². The van der Waals surface area contributed by atoms with E-state index in [0.717, 1.165) is 18.4 Å². The minimum Gasteiger partial charge on any atom is -0.465 e. The summed E-state index contributed by atoms with van der Waals surface area (Å²) in [6, 6.07) is 8.72. The Morgan fingerprint density at radius 3 is 2.12 bits per heavy atom. The lowest BCUT2D eigenvalue weighted by Gasteiger charge is -2.42. The number of hydrogen-bond acceptors (Lipinski definition) is 3. The quantitative estimate of drug-likeness (QED) is 0.379. The molecule has 0 aliphatic heterocycles. The average molecular weight is 379 g/mol. The van der Waals surface area contributed by atoms with Gasteiger partial charge in [0.2, 0.25) is 0 Å². The molecule has 0 bridgehead atoms. The van der Waals surface area contributed by atoms with Crippen LogP contribution < -0.4 is 0 Å². The Kier molecular flexibility index (Phi) is 6.48. The number of esters is 1. The largest absolute Gasteiger partial charge is 0.465 e. The van der Waals surface area contributed by atoms with Crippen molar-refractivity contribution in [3.05, 3.63) is 29.8 Å². The molecule has 0 aromatic heterocycles. The first-order valence-electron chi connectivity index (χ1n) is 9.67. The fraction of sp³-hybridized carbons (Fsp3) is 0.667. The summed E-state index contributed by atoms with van der Waals surface area (Å²) in [6.07, 6.45) is 1.84. The molecule has 1 aliphatic rings. The highest BCUT2D eigenvalue weighted by Crippen LogP contribution is 2.54. The Morgan fingerprint density at radius 1 is 1.12 bits per heavy atom. The minimum absolute atomic E-state index is 0.0442. The van der Waals surface area contributed by atoms with Crippen molar-refractivity contribution in [3.63, 3.8) is 0 Å². The normalized spacial score (nSPS) is 16.6. The fourth-order valence-electron chi connectivity index (χ4n) is 4.42. The first-order valence-corrected chi connectivity index (χ1v) is 13.4. The third-order valence-corrected chi connectivity index (χ3v) is 18.1. The van der Waals surface area contributed by atoms with Gasteiger partial charge in [-0.15, -0.1) is 0 Å². The van der Waals surface area contributed by atoms with Gasteiger partial charge in [0.25, 0.3) is 0 Å². The zero-order valence-electron chi connectivity index (χ0n) is 16.9. The monoisotopic (exact) mass is 378 g/mol. The second kappa shape index (κ2) is 7.87. The summed E-state index contributed by atoms with van der Waals surface area (Å²) in [6.45, 7) is 16.7. The Bertz CT molecular complexity index is 584. The maximum absolute atomic E-state index is 12.4. The molecule has 0 radical (unpaired) electrons. The first-order chi connectivity index (χ1) is 11.7. The van der Waals surface area contributed by atoms with Crippen molar-refractivity contribution >= 4 is 24.4 Å². The van der Waals surface area contributed by atoms with Crippen LogP contribution in [0.3, 0.4) is 0 Å². The summed E-state index contributed by atoms with van der Waals surface area (Å²) in [7, 11) is -1.57. The van der Waals surface area contributed by atoms with Gasteiger partial charge in [-0.2, -0.15) is 11.2 Å². The van der Waals surface area contributed by atoms with Gasteiger partial charge in [-0.05, 0) is 54.1 Å². The summed E-state index contributed by atoms with van der Waals surface area (Å²) in [5.74, 6) is -0.0442. The Balaban J connectivity index is 2.34. The van der Waals surface area contributed by atoms with Crippen LogP contribution >= 0.6 is 11.2 Å². The highest BCUT2D eigenvalue weighted by molar-refractivity contribution is 8.29. The minimum atomic E-state index is -1.57. The topological polar surface area (TPSA) is 26.3 Å². The van der Waals surface area contributed by atoms with Gasteiger partial charge in [-0.3, -0.25) is 4.79 Å². The van der Waals surface area contributed by atoms with Crippen molar-refractivity contribution in [1.29, 1.82) is 0 Å². The van der Waals surface area contributed by atoms with Crippen molar-refractivity contribution < 1.29 is 9.53 Å². The molecule has 0 saturated heterocycles.